The number of allylic oxidation sites excluding steroid dienone is 2. The number of hydrogen-bond donors (Lipinski definition) is 0. The molecule has 0 aromatic heterocycles. The quantitative estimate of drug-likeness (QED) is 0.298. The maximum Gasteiger partial charge on any atom is 0.315 e. The second-order valence-electron chi connectivity index (χ2n) is 8.57. The van der Waals surface area contributed by atoms with Crippen LogP contribution in [0.3, 0.4) is 0 Å². The SMILES string of the molecule is CCSCCOC(=O)C1C(C)=NC2=C(C(=O)C[C@H](c3ccc(Cl)cc3)C2)[C@H]1c1cccc(Cl)c1. The van der Waals surface area contributed by atoms with Crippen molar-refractivity contribution in [3.05, 3.63) is 81.0 Å². The average molecular weight is 516 g/mol. The first-order valence-electron chi connectivity index (χ1n) is 11.5. The topological polar surface area (TPSA) is 55.7 Å². The number of aliphatic imine (C=N–C) groups is 1. The van der Waals surface area contributed by atoms with Crippen molar-refractivity contribution in [2.75, 3.05) is 18.1 Å². The van der Waals surface area contributed by atoms with Crippen molar-refractivity contribution >= 4 is 52.4 Å². The highest BCUT2D eigenvalue weighted by molar-refractivity contribution is 7.99. The molecule has 1 unspecified atom stereocenters. The minimum absolute atomic E-state index is 0.0155. The number of Topliss-reactive ketones (excluding diaryl/α,β-unsaturated/α-hetero) is 1. The van der Waals surface area contributed by atoms with E-state index < -0.39 is 11.8 Å². The van der Waals surface area contributed by atoms with Gasteiger partial charge in [-0.3, -0.25) is 14.6 Å². The Labute approximate surface area is 214 Å². The molecule has 2 aromatic rings. The molecular formula is C27H27Cl2NO3S. The number of rotatable bonds is 7. The van der Waals surface area contributed by atoms with Crippen molar-refractivity contribution in [1.29, 1.82) is 0 Å². The van der Waals surface area contributed by atoms with E-state index in [1.54, 1.807) is 17.8 Å². The molecule has 1 heterocycles. The van der Waals surface area contributed by atoms with Gasteiger partial charge in [0.05, 0.1) is 0 Å². The van der Waals surface area contributed by atoms with Crippen LogP contribution in [-0.4, -0.2) is 35.6 Å². The molecule has 1 aliphatic heterocycles. The van der Waals surface area contributed by atoms with Crippen LogP contribution in [0.25, 0.3) is 0 Å². The van der Waals surface area contributed by atoms with Gasteiger partial charge in [-0.1, -0.05) is 54.4 Å². The lowest BCUT2D eigenvalue weighted by Crippen LogP contribution is -2.38. The van der Waals surface area contributed by atoms with E-state index in [2.05, 4.69) is 6.92 Å². The molecule has 0 fully saturated rings. The first kappa shape index (κ1) is 25.0. The van der Waals surface area contributed by atoms with E-state index >= 15 is 0 Å². The van der Waals surface area contributed by atoms with Crippen LogP contribution >= 0.6 is 35.0 Å². The molecule has 0 amide bonds. The van der Waals surface area contributed by atoms with Gasteiger partial charge < -0.3 is 4.74 Å². The Kier molecular flexibility index (Phi) is 8.18. The lowest BCUT2D eigenvalue weighted by molar-refractivity contribution is -0.145. The molecule has 4 nitrogen and oxygen atoms in total. The number of halogens is 2. The minimum Gasteiger partial charge on any atom is -0.464 e. The number of carbonyl (C=O) groups excluding carboxylic acids is 2. The summed E-state index contributed by atoms with van der Waals surface area (Å²) in [6, 6.07) is 15.0. The fourth-order valence-electron chi connectivity index (χ4n) is 4.83. The van der Waals surface area contributed by atoms with Gasteiger partial charge in [0.25, 0.3) is 0 Å². The summed E-state index contributed by atoms with van der Waals surface area (Å²) >= 11 is 14.1. The monoisotopic (exact) mass is 515 g/mol. The van der Waals surface area contributed by atoms with Crippen LogP contribution in [0, 0.1) is 5.92 Å². The molecule has 1 aliphatic carbocycles. The highest BCUT2D eigenvalue weighted by Gasteiger charge is 2.44. The molecule has 0 bridgehead atoms. The van der Waals surface area contributed by atoms with Crippen molar-refractivity contribution < 1.29 is 14.3 Å². The fraction of sp³-hybridized carbons (Fsp3) is 0.370. The van der Waals surface area contributed by atoms with Gasteiger partial charge in [0.1, 0.15) is 12.5 Å². The Hall–Kier alpha value is -2.08. The summed E-state index contributed by atoms with van der Waals surface area (Å²) in [6.07, 6.45) is 0.993. The lowest BCUT2D eigenvalue weighted by Gasteiger charge is -2.36. The molecule has 0 saturated heterocycles. The number of benzene rings is 2. The summed E-state index contributed by atoms with van der Waals surface area (Å²) in [5, 5.41) is 1.23. The van der Waals surface area contributed by atoms with Crippen molar-refractivity contribution in [2.45, 2.75) is 38.5 Å². The van der Waals surface area contributed by atoms with Crippen LogP contribution in [0.15, 0.2) is 64.8 Å². The van der Waals surface area contributed by atoms with E-state index in [0.29, 0.717) is 40.8 Å². The minimum atomic E-state index is -0.653. The molecule has 0 spiro atoms. The van der Waals surface area contributed by atoms with E-state index in [9.17, 15) is 9.59 Å². The Morgan fingerprint density at radius 1 is 1.09 bits per heavy atom. The van der Waals surface area contributed by atoms with Gasteiger partial charge in [-0.05, 0) is 60.4 Å². The third kappa shape index (κ3) is 5.42. The van der Waals surface area contributed by atoms with Gasteiger partial charge in [-0.2, -0.15) is 11.8 Å². The molecule has 2 aromatic carbocycles. The Balaban J connectivity index is 1.71. The smallest absolute Gasteiger partial charge is 0.315 e. The molecule has 4 rings (SSSR count). The standard InChI is InChI=1S/C27H27Cl2NO3S/c1-3-34-12-11-33-27(32)24-16(2)30-22-14-19(17-7-9-20(28)10-8-17)15-23(31)26(22)25(24)18-5-4-6-21(29)13-18/h4-10,13,19,24-25H,3,11-12,14-15H2,1-2H3/t19-,24?,25+/m1/s1. The van der Waals surface area contributed by atoms with Gasteiger partial charge in [0.15, 0.2) is 5.78 Å². The second-order valence-corrected chi connectivity index (χ2v) is 10.8. The van der Waals surface area contributed by atoms with Crippen molar-refractivity contribution in [3.8, 4) is 0 Å². The lowest BCUT2D eigenvalue weighted by atomic mass is 9.69. The van der Waals surface area contributed by atoms with Gasteiger partial charge in [0.2, 0.25) is 0 Å². The first-order valence-corrected chi connectivity index (χ1v) is 13.4. The summed E-state index contributed by atoms with van der Waals surface area (Å²) in [5.74, 6) is 0.281. The number of ether oxygens (including phenoxy) is 1. The van der Waals surface area contributed by atoms with Crippen LogP contribution in [0.2, 0.25) is 10.0 Å². The summed E-state index contributed by atoms with van der Waals surface area (Å²) in [6.45, 7) is 4.26. The maximum absolute atomic E-state index is 13.6. The average Bonchev–Trinajstić information content (AvgIpc) is 2.81. The van der Waals surface area contributed by atoms with Crippen LogP contribution in [0.1, 0.15) is 49.7 Å². The Bertz CT molecular complexity index is 1140. The molecule has 7 heteroatoms. The predicted octanol–water partition coefficient (Wildman–Crippen LogP) is 6.86. The fourth-order valence-corrected chi connectivity index (χ4v) is 5.65. The van der Waals surface area contributed by atoms with E-state index in [0.717, 1.165) is 28.3 Å². The van der Waals surface area contributed by atoms with Crippen molar-refractivity contribution in [2.24, 2.45) is 10.9 Å². The number of carbonyl (C=O) groups is 2. The second kappa shape index (κ2) is 11.1. The van der Waals surface area contributed by atoms with Crippen LogP contribution in [0.5, 0.6) is 0 Å². The highest BCUT2D eigenvalue weighted by Crippen LogP contribution is 2.47. The molecule has 0 radical (unpaired) electrons. The largest absolute Gasteiger partial charge is 0.464 e. The third-order valence-corrected chi connectivity index (χ3v) is 7.72. The molecule has 0 N–H and O–H groups in total. The summed E-state index contributed by atoms with van der Waals surface area (Å²) in [4.78, 5) is 31.6. The first-order chi connectivity index (χ1) is 16.4. The summed E-state index contributed by atoms with van der Waals surface area (Å²) in [5.41, 5.74) is 3.93. The molecule has 178 valence electrons. The van der Waals surface area contributed by atoms with Gasteiger partial charge >= 0.3 is 5.97 Å². The summed E-state index contributed by atoms with van der Waals surface area (Å²) in [7, 11) is 0. The van der Waals surface area contributed by atoms with Crippen molar-refractivity contribution in [1.82, 2.24) is 0 Å². The Morgan fingerprint density at radius 3 is 2.56 bits per heavy atom. The van der Waals surface area contributed by atoms with Gasteiger partial charge in [0, 0.05) is 45.1 Å². The van der Waals surface area contributed by atoms with Gasteiger partial charge in [-0.15, -0.1) is 0 Å². The van der Waals surface area contributed by atoms with E-state index in [1.165, 1.54) is 0 Å². The van der Waals surface area contributed by atoms with Crippen molar-refractivity contribution in [3.63, 3.8) is 0 Å². The molecule has 0 saturated carbocycles. The third-order valence-electron chi connectivity index (χ3n) is 6.37. The summed E-state index contributed by atoms with van der Waals surface area (Å²) < 4.78 is 5.63. The zero-order chi connectivity index (χ0) is 24.2. The van der Waals surface area contributed by atoms with Crippen LogP contribution < -0.4 is 0 Å². The normalized spacial score (nSPS) is 22.3. The number of ketones is 1. The molecule has 3 atom stereocenters. The van der Waals surface area contributed by atoms with Gasteiger partial charge in [-0.25, -0.2) is 0 Å². The van der Waals surface area contributed by atoms with E-state index in [-0.39, 0.29) is 17.7 Å². The number of nitrogens with zero attached hydrogens (tertiary/aromatic N) is 1. The van der Waals surface area contributed by atoms with E-state index in [4.69, 9.17) is 32.9 Å². The molecule has 34 heavy (non-hydrogen) atoms. The molecule has 2 aliphatic rings. The van der Waals surface area contributed by atoms with Crippen LogP contribution in [0.4, 0.5) is 0 Å². The number of thioether (sulfide) groups is 1. The maximum atomic E-state index is 13.6. The highest BCUT2D eigenvalue weighted by atomic mass is 35.5. The Morgan fingerprint density at radius 2 is 1.85 bits per heavy atom. The van der Waals surface area contributed by atoms with Crippen LogP contribution in [-0.2, 0) is 14.3 Å². The predicted molar refractivity (Wildman–Crippen MR) is 140 cm³/mol. The zero-order valence-electron chi connectivity index (χ0n) is 19.2. The zero-order valence-corrected chi connectivity index (χ0v) is 21.6. The van der Waals surface area contributed by atoms with E-state index in [1.807, 2.05) is 49.4 Å². The molecular weight excluding hydrogens is 489 g/mol. The number of esters is 1. The number of hydrogen-bond acceptors (Lipinski definition) is 5.